The van der Waals surface area contributed by atoms with Crippen LogP contribution in [0.3, 0.4) is 0 Å². The fourth-order valence-corrected chi connectivity index (χ4v) is 2.46. The summed E-state index contributed by atoms with van der Waals surface area (Å²) in [5, 5.41) is 1.19. The summed E-state index contributed by atoms with van der Waals surface area (Å²) in [5.74, 6) is 1.11. The van der Waals surface area contributed by atoms with E-state index in [0.717, 1.165) is 17.7 Å². The largest absolute Gasteiger partial charge is 0.495 e. The summed E-state index contributed by atoms with van der Waals surface area (Å²) in [5.41, 5.74) is 3.56. The highest BCUT2D eigenvalue weighted by atomic mass is 16.5. The van der Waals surface area contributed by atoms with E-state index in [9.17, 15) is 4.79 Å². The van der Waals surface area contributed by atoms with E-state index in [-0.39, 0.29) is 5.78 Å². The molecule has 0 saturated heterocycles. The Labute approximate surface area is 107 Å². The third kappa shape index (κ3) is 2.01. The predicted molar refractivity (Wildman–Crippen MR) is 73.2 cm³/mol. The molecule has 0 amide bonds. The maximum atomic E-state index is 11.2. The fraction of sp³-hybridized carbons (Fsp3) is 0.400. The van der Waals surface area contributed by atoms with Crippen LogP contribution < -0.4 is 4.74 Å². The third-order valence-electron chi connectivity index (χ3n) is 3.55. The molecule has 2 rings (SSSR count). The van der Waals surface area contributed by atoms with Gasteiger partial charge in [0.2, 0.25) is 0 Å². The van der Waals surface area contributed by atoms with Gasteiger partial charge in [0.05, 0.1) is 12.6 Å². The second-order valence-corrected chi connectivity index (χ2v) is 4.68. The summed E-state index contributed by atoms with van der Waals surface area (Å²) in [7, 11) is 3.73. The number of methoxy groups -OCH3 is 1. The number of nitrogens with zero attached hydrogens (tertiary/aromatic N) is 1. The van der Waals surface area contributed by atoms with Crippen molar-refractivity contribution in [3.05, 3.63) is 29.5 Å². The molecule has 0 bridgehead atoms. The molecule has 1 heterocycles. The number of ether oxygens (including phenoxy) is 1. The van der Waals surface area contributed by atoms with Gasteiger partial charge in [0.1, 0.15) is 11.5 Å². The van der Waals surface area contributed by atoms with Gasteiger partial charge >= 0.3 is 0 Å². The van der Waals surface area contributed by atoms with Crippen molar-refractivity contribution in [3.8, 4) is 5.75 Å². The molecule has 0 aliphatic heterocycles. The Bertz CT molecular complexity index is 596. The van der Waals surface area contributed by atoms with Crippen molar-refractivity contribution in [1.29, 1.82) is 0 Å². The lowest BCUT2D eigenvalue weighted by Crippen LogP contribution is -1.97. The Morgan fingerprint density at radius 3 is 2.72 bits per heavy atom. The van der Waals surface area contributed by atoms with E-state index < -0.39 is 0 Å². The lowest BCUT2D eigenvalue weighted by Gasteiger charge is -2.04. The minimum Gasteiger partial charge on any atom is -0.495 e. The summed E-state index contributed by atoms with van der Waals surface area (Å²) >= 11 is 0. The van der Waals surface area contributed by atoms with Crippen LogP contribution in [0.1, 0.15) is 24.6 Å². The third-order valence-corrected chi connectivity index (χ3v) is 3.55. The first-order valence-electron chi connectivity index (χ1n) is 6.16. The summed E-state index contributed by atoms with van der Waals surface area (Å²) in [6.45, 7) is 3.73. The molecular weight excluding hydrogens is 226 g/mol. The number of para-hydroxylation sites is 1. The summed E-state index contributed by atoms with van der Waals surface area (Å²) < 4.78 is 7.56. The van der Waals surface area contributed by atoms with Crippen LogP contribution in [0.2, 0.25) is 0 Å². The topological polar surface area (TPSA) is 31.2 Å². The summed E-state index contributed by atoms with van der Waals surface area (Å²) in [6.07, 6.45) is 1.39. The van der Waals surface area contributed by atoms with E-state index in [1.807, 2.05) is 19.2 Å². The quantitative estimate of drug-likeness (QED) is 0.829. The zero-order valence-corrected chi connectivity index (χ0v) is 11.4. The number of rotatable bonds is 4. The number of benzene rings is 1. The molecule has 2 aromatic rings. The van der Waals surface area contributed by atoms with Crippen LogP contribution in [0, 0.1) is 6.92 Å². The minimum absolute atomic E-state index is 0.231. The van der Waals surface area contributed by atoms with Crippen molar-refractivity contribution in [3.63, 3.8) is 0 Å². The standard InChI is InChI=1S/C15H19NO2/c1-10(17)8-9-12-11(2)16(3)15-13(12)6-5-7-14(15)18-4/h5-7H,8-9H2,1-4H3. The van der Waals surface area contributed by atoms with E-state index in [2.05, 4.69) is 17.6 Å². The maximum Gasteiger partial charge on any atom is 0.143 e. The number of fused-ring (bicyclic) bond motifs is 1. The highest BCUT2D eigenvalue weighted by molar-refractivity contribution is 5.90. The van der Waals surface area contributed by atoms with Crippen LogP contribution >= 0.6 is 0 Å². The molecular formula is C15H19NO2. The van der Waals surface area contributed by atoms with Gasteiger partial charge in [-0.3, -0.25) is 0 Å². The van der Waals surface area contributed by atoms with Crippen molar-refractivity contribution < 1.29 is 9.53 Å². The van der Waals surface area contributed by atoms with Crippen molar-refractivity contribution in [2.75, 3.05) is 7.11 Å². The molecule has 3 heteroatoms. The molecule has 96 valence electrons. The first-order valence-corrected chi connectivity index (χ1v) is 6.16. The molecule has 0 saturated carbocycles. The molecule has 0 atom stereocenters. The van der Waals surface area contributed by atoms with Crippen molar-refractivity contribution >= 4 is 16.7 Å². The van der Waals surface area contributed by atoms with Crippen LogP contribution in [-0.2, 0) is 18.3 Å². The average Bonchev–Trinajstić information content (AvgIpc) is 2.60. The number of carbonyl (C=O) groups is 1. The average molecular weight is 245 g/mol. The second-order valence-electron chi connectivity index (χ2n) is 4.68. The minimum atomic E-state index is 0.231. The van der Waals surface area contributed by atoms with Crippen LogP contribution in [-0.4, -0.2) is 17.5 Å². The van der Waals surface area contributed by atoms with Gasteiger partial charge in [0.25, 0.3) is 0 Å². The molecule has 0 unspecified atom stereocenters. The summed E-state index contributed by atoms with van der Waals surface area (Å²) in [6, 6.07) is 6.06. The van der Waals surface area contributed by atoms with Crippen LogP contribution in [0.25, 0.3) is 10.9 Å². The Hall–Kier alpha value is -1.77. The van der Waals surface area contributed by atoms with Crippen LogP contribution in [0.4, 0.5) is 0 Å². The Kier molecular flexibility index (Phi) is 3.41. The van der Waals surface area contributed by atoms with Gasteiger partial charge in [-0.2, -0.15) is 0 Å². The molecule has 0 N–H and O–H groups in total. The van der Waals surface area contributed by atoms with E-state index in [1.165, 1.54) is 16.6 Å². The first-order chi connectivity index (χ1) is 8.56. The molecule has 0 spiro atoms. The van der Waals surface area contributed by atoms with Gasteiger partial charge in [-0.15, -0.1) is 0 Å². The van der Waals surface area contributed by atoms with Crippen molar-refractivity contribution in [2.45, 2.75) is 26.7 Å². The van der Waals surface area contributed by atoms with E-state index in [1.54, 1.807) is 14.0 Å². The molecule has 1 aromatic carbocycles. The number of Topliss-reactive ketones (excluding diaryl/α,β-unsaturated/α-hetero) is 1. The molecule has 0 fully saturated rings. The molecule has 0 radical (unpaired) electrons. The van der Waals surface area contributed by atoms with Crippen LogP contribution in [0.5, 0.6) is 5.75 Å². The number of hydrogen-bond donors (Lipinski definition) is 0. The number of carbonyl (C=O) groups excluding carboxylic acids is 1. The molecule has 0 aliphatic carbocycles. The highest BCUT2D eigenvalue weighted by Gasteiger charge is 2.15. The second kappa shape index (κ2) is 4.84. The normalized spacial score (nSPS) is 10.9. The predicted octanol–water partition coefficient (Wildman–Crippen LogP) is 3.02. The van der Waals surface area contributed by atoms with E-state index >= 15 is 0 Å². The lowest BCUT2D eigenvalue weighted by molar-refractivity contribution is -0.116. The van der Waals surface area contributed by atoms with E-state index in [4.69, 9.17) is 4.74 Å². The summed E-state index contributed by atoms with van der Waals surface area (Å²) in [4.78, 5) is 11.2. The van der Waals surface area contributed by atoms with Crippen molar-refractivity contribution in [2.24, 2.45) is 7.05 Å². The van der Waals surface area contributed by atoms with Gasteiger partial charge in [-0.1, -0.05) is 12.1 Å². The number of hydrogen-bond acceptors (Lipinski definition) is 2. The number of ketones is 1. The monoisotopic (exact) mass is 245 g/mol. The zero-order valence-electron chi connectivity index (χ0n) is 11.4. The van der Waals surface area contributed by atoms with Crippen LogP contribution in [0.15, 0.2) is 18.2 Å². The SMILES string of the molecule is COc1cccc2c(CCC(C)=O)c(C)n(C)c12. The Morgan fingerprint density at radius 2 is 2.11 bits per heavy atom. The van der Waals surface area contributed by atoms with E-state index in [0.29, 0.717) is 6.42 Å². The van der Waals surface area contributed by atoms with Gasteiger partial charge < -0.3 is 14.1 Å². The Balaban J connectivity index is 2.60. The van der Waals surface area contributed by atoms with Gasteiger partial charge in [-0.05, 0) is 31.9 Å². The van der Waals surface area contributed by atoms with Gasteiger partial charge in [0, 0.05) is 24.5 Å². The smallest absolute Gasteiger partial charge is 0.143 e. The molecule has 0 aliphatic rings. The molecule has 1 aromatic heterocycles. The lowest BCUT2D eigenvalue weighted by atomic mass is 10.0. The van der Waals surface area contributed by atoms with Gasteiger partial charge in [-0.25, -0.2) is 0 Å². The Morgan fingerprint density at radius 1 is 1.39 bits per heavy atom. The number of aryl methyl sites for hydroxylation is 2. The fourth-order valence-electron chi connectivity index (χ4n) is 2.46. The zero-order chi connectivity index (χ0) is 13.3. The molecule has 3 nitrogen and oxygen atoms in total. The first kappa shape index (κ1) is 12.7. The van der Waals surface area contributed by atoms with Gasteiger partial charge in [0.15, 0.2) is 0 Å². The highest BCUT2D eigenvalue weighted by Crippen LogP contribution is 2.32. The maximum absolute atomic E-state index is 11.2. The number of aromatic nitrogens is 1. The van der Waals surface area contributed by atoms with Crippen molar-refractivity contribution in [1.82, 2.24) is 4.57 Å². The molecule has 18 heavy (non-hydrogen) atoms.